The van der Waals surface area contributed by atoms with Crippen molar-refractivity contribution in [3.05, 3.63) is 35.5 Å². The summed E-state index contributed by atoms with van der Waals surface area (Å²) in [5.74, 6) is 0. The van der Waals surface area contributed by atoms with Crippen molar-refractivity contribution in [2.75, 3.05) is 25.6 Å². The molecule has 4 nitrogen and oxygen atoms in total. The number of hydrogen-bond donors (Lipinski definition) is 2. The second-order valence-corrected chi connectivity index (χ2v) is 5.13. The van der Waals surface area contributed by atoms with Crippen LogP contribution in [0, 0.1) is 0 Å². The molecule has 1 heterocycles. The molecule has 1 unspecified atom stereocenters. The third kappa shape index (κ3) is 3.60. The predicted molar refractivity (Wildman–Crippen MR) is 84.3 cm³/mol. The molecule has 0 aliphatic heterocycles. The summed E-state index contributed by atoms with van der Waals surface area (Å²) in [4.78, 5) is 4.42. The molecule has 1 atom stereocenters. The minimum Gasteiger partial charge on any atom is -0.383 e. The largest absolute Gasteiger partial charge is 0.383 e. The standard InChI is InChI=1S/C15H20ClN3O/c1-20-10-11(4-2-8-17)19-14-7-6-13(16)12-5-3-9-18-15(12)14/h3,5-7,9,11,19H,2,4,8,10,17H2,1H3. The van der Waals surface area contributed by atoms with Crippen LogP contribution in [0.5, 0.6) is 0 Å². The van der Waals surface area contributed by atoms with Gasteiger partial charge in [-0.25, -0.2) is 0 Å². The summed E-state index contributed by atoms with van der Waals surface area (Å²) in [5.41, 5.74) is 7.44. The summed E-state index contributed by atoms with van der Waals surface area (Å²) in [7, 11) is 1.70. The molecule has 0 bridgehead atoms. The minimum atomic E-state index is 0.218. The van der Waals surface area contributed by atoms with Crippen LogP contribution in [-0.4, -0.2) is 31.3 Å². The molecule has 3 N–H and O–H groups in total. The number of methoxy groups -OCH3 is 1. The highest BCUT2D eigenvalue weighted by Crippen LogP contribution is 2.28. The van der Waals surface area contributed by atoms with Gasteiger partial charge in [0, 0.05) is 24.7 Å². The Morgan fingerprint density at radius 2 is 2.25 bits per heavy atom. The van der Waals surface area contributed by atoms with Crippen LogP contribution in [0.25, 0.3) is 10.9 Å². The lowest BCUT2D eigenvalue weighted by Gasteiger charge is -2.20. The van der Waals surface area contributed by atoms with E-state index in [1.165, 1.54) is 0 Å². The maximum Gasteiger partial charge on any atom is 0.0948 e. The van der Waals surface area contributed by atoms with E-state index in [2.05, 4.69) is 10.3 Å². The van der Waals surface area contributed by atoms with Crippen molar-refractivity contribution < 1.29 is 4.74 Å². The topological polar surface area (TPSA) is 60.2 Å². The lowest BCUT2D eigenvalue weighted by atomic mass is 10.1. The summed E-state index contributed by atoms with van der Waals surface area (Å²) in [6.07, 6.45) is 3.69. The minimum absolute atomic E-state index is 0.218. The fraction of sp³-hybridized carbons (Fsp3) is 0.400. The van der Waals surface area contributed by atoms with Gasteiger partial charge < -0.3 is 15.8 Å². The van der Waals surface area contributed by atoms with Gasteiger partial charge in [-0.05, 0) is 43.7 Å². The van der Waals surface area contributed by atoms with Gasteiger partial charge in [0.2, 0.25) is 0 Å². The zero-order chi connectivity index (χ0) is 14.4. The monoisotopic (exact) mass is 293 g/mol. The highest BCUT2D eigenvalue weighted by atomic mass is 35.5. The zero-order valence-corrected chi connectivity index (χ0v) is 12.4. The van der Waals surface area contributed by atoms with Gasteiger partial charge in [0.05, 0.1) is 22.8 Å². The van der Waals surface area contributed by atoms with Gasteiger partial charge >= 0.3 is 0 Å². The molecule has 0 aliphatic carbocycles. The highest BCUT2D eigenvalue weighted by Gasteiger charge is 2.11. The number of nitrogens with two attached hydrogens (primary N) is 1. The highest BCUT2D eigenvalue weighted by molar-refractivity contribution is 6.35. The summed E-state index contributed by atoms with van der Waals surface area (Å²) >= 11 is 6.20. The number of nitrogens with zero attached hydrogens (tertiary/aromatic N) is 1. The van der Waals surface area contributed by atoms with Gasteiger partial charge in [-0.3, -0.25) is 4.98 Å². The number of hydrogen-bond acceptors (Lipinski definition) is 4. The quantitative estimate of drug-likeness (QED) is 0.824. The van der Waals surface area contributed by atoms with Gasteiger partial charge in [0.1, 0.15) is 0 Å². The van der Waals surface area contributed by atoms with Crippen LogP contribution in [0.15, 0.2) is 30.5 Å². The van der Waals surface area contributed by atoms with Crippen LogP contribution in [0.1, 0.15) is 12.8 Å². The van der Waals surface area contributed by atoms with E-state index in [-0.39, 0.29) is 6.04 Å². The molecule has 1 aromatic carbocycles. The Kier molecular flexibility index (Phi) is 5.59. The summed E-state index contributed by atoms with van der Waals surface area (Å²) in [6, 6.07) is 7.93. The van der Waals surface area contributed by atoms with Crippen molar-refractivity contribution in [2.45, 2.75) is 18.9 Å². The first-order valence-electron chi connectivity index (χ1n) is 6.75. The smallest absolute Gasteiger partial charge is 0.0948 e. The molecule has 0 amide bonds. The number of fused-ring (bicyclic) bond motifs is 1. The summed E-state index contributed by atoms with van der Waals surface area (Å²) in [5, 5.41) is 5.15. The van der Waals surface area contributed by atoms with Gasteiger partial charge in [-0.15, -0.1) is 0 Å². The maximum absolute atomic E-state index is 6.20. The number of benzene rings is 1. The molecule has 0 radical (unpaired) electrons. The molecule has 0 spiro atoms. The number of halogens is 1. The molecule has 2 aromatic rings. The third-order valence-corrected chi connectivity index (χ3v) is 3.53. The Morgan fingerprint density at radius 1 is 1.40 bits per heavy atom. The lowest BCUT2D eigenvalue weighted by molar-refractivity contribution is 0.182. The van der Waals surface area contributed by atoms with E-state index in [1.54, 1.807) is 13.3 Å². The van der Waals surface area contributed by atoms with Crippen molar-refractivity contribution in [1.29, 1.82) is 0 Å². The normalized spacial score (nSPS) is 12.6. The van der Waals surface area contributed by atoms with E-state index < -0.39 is 0 Å². The Balaban J connectivity index is 2.25. The van der Waals surface area contributed by atoms with E-state index in [4.69, 9.17) is 22.1 Å². The molecule has 108 valence electrons. The predicted octanol–water partition coefficient (Wildman–Crippen LogP) is 3.05. The van der Waals surface area contributed by atoms with Crippen molar-refractivity contribution in [1.82, 2.24) is 4.98 Å². The van der Waals surface area contributed by atoms with E-state index in [1.807, 2.05) is 24.3 Å². The Hall–Kier alpha value is -1.36. The number of rotatable bonds is 7. The van der Waals surface area contributed by atoms with Crippen molar-refractivity contribution in [3.8, 4) is 0 Å². The van der Waals surface area contributed by atoms with Crippen LogP contribution in [0.4, 0.5) is 5.69 Å². The Labute approximate surface area is 124 Å². The van der Waals surface area contributed by atoms with E-state index in [0.717, 1.165) is 29.4 Å². The first kappa shape index (κ1) is 15.0. The molecule has 2 rings (SSSR count). The first-order chi connectivity index (χ1) is 9.76. The number of ether oxygens (including phenoxy) is 1. The molecule has 0 saturated heterocycles. The van der Waals surface area contributed by atoms with E-state index >= 15 is 0 Å². The van der Waals surface area contributed by atoms with Gasteiger partial charge in [-0.1, -0.05) is 11.6 Å². The molecular weight excluding hydrogens is 274 g/mol. The number of anilines is 1. The van der Waals surface area contributed by atoms with Crippen LogP contribution >= 0.6 is 11.6 Å². The van der Waals surface area contributed by atoms with E-state index in [0.29, 0.717) is 18.2 Å². The third-order valence-electron chi connectivity index (χ3n) is 3.20. The number of pyridine rings is 1. The zero-order valence-electron chi connectivity index (χ0n) is 11.6. The Morgan fingerprint density at radius 3 is 3.00 bits per heavy atom. The fourth-order valence-electron chi connectivity index (χ4n) is 2.24. The number of nitrogens with one attached hydrogen (secondary N) is 1. The van der Waals surface area contributed by atoms with Gasteiger partial charge in [-0.2, -0.15) is 0 Å². The van der Waals surface area contributed by atoms with Gasteiger partial charge in [0.25, 0.3) is 0 Å². The second-order valence-electron chi connectivity index (χ2n) is 4.72. The second kappa shape index (κ2) is 7.43. The van der Waals surface area contributed by atoms with Gasteiger partial charge in [0.15, 0.2) is 0 Å². The van der Waals surface area contributed by atoms with Crippen molar-refractivity contribution in [2.24, 2.45) is 5.73 Å². The SMILES string of the molecule is COCC(CCCN)Nc1ccc(Cl)c2cccnc12. The molecule has 0 fully saturated rings. The van der Waals surface area contributed by atoms with Crippen LogP contribution in [-0.2, 0) is 4.74 Å². The van der Waals surface area contributed by atoms with E-state index in [9.17, 15) is 0 Å². The molecule has 20 heavy (non-hydrogen) atoms. The summed E-state index contributed by atoms with van der Waals surface area (Å²) < 4.78 is 5.26. The van der Waals surface area contributed by atoms with Crippen LogP contribution in [0.3, 0.4) is 0 Å². The average Bonchev–Trinajstić information content (AvgIpc) is 2.48. The van der Waals surface area contributed by atoms with Crippen LogP contribution < -0.4 is 11.1 Å². The molecule has 0 saturated carbocycles. The lowest BCUT2D eigenvalue weighted by Crippen LogP contribution is -2.26. The maximum atomic E-state index is 6.20. The van der Waals surface area contributed by atoms with Crippen LogP contribution in [0.2, 0.25) is 5.02 Å². The Bertz CT molecular complexity index is 562. The average molecular weight is 294 g/mol. The molecule has 5 heteroatoms. The number of aromatic nitrogens is 1. The van der Waals surface area contributed by atoms with Crippen molar-refractivity contribution in [3.63, 3.8) is 0 Å². The fourth-order valence-corrected chi connectivity index (χ4v) is 2.45. The molecule has 1 aromatic heterocycles. The molecular formula is C15H20ClN3O. The summed E-state index contributed by atoms with van der Waals surface area (Å²) in [6.45, 7) is 1.32. The first-order valence-corrected chi connectivity index (χ1v) is 7.13. The van der Waals surface area contributed by atoms with Crippen molar-refractivity contribution >= 4 is 28.2 Å². The molecule has 0 aliphatic rings.